The van der Waals surface area contributed by atoms with Crippen molar-refractivity contribution in [2.24, 2.45) is 0 Å². The molecule has 2 N–H and O–H groups in total. The van der Waals surface area contributed by atoms with Gasteiger partial charge in [0.1, 0.15) is 5.82 Å². The largest absolute Gasteiger partial charge is 0.306 e. The van der Waals surface area contributed by atoms with E-state index in [4.69, 9.17) is 0 Å². The normalized spacial score (nSPS) is 14.7. The molecule has 1 amide bonds. The molecule has 1 aliphatic heterocycles. The average Bonchev–Trinajstić information content (AvgIpc) is 3.28. The topological polar surface area (TPSA) is 83.6 Å². The van der Waals surface area contributed by atoms with Crippen molar-refractivity contribution in [2.75, 3.05) is 5.32 Å². The molecule has 0 fully saturated rings. The summed E-state index contributed by atoms with van der Waals surface area (Å²) in [6.07, 6.45) is 11.0. The SMILES string of the molecule is O=C1Nc2ncccc2C1=Cc1ccc2c(/C=C/c3cccnc3)n[nH]c2c1. The summed E-state index contributed by atoms with van der Waals surface area (Å²) in [6.45, 7) is 0. The van der Waals surface area contributed by atoms with Crippen molar-refractivity contribution in [2.45, 2.75) is 0 Å². The van der Waals surface area contributed by atoms with Crippen molar-refractivity contribution in [3.63, 3.8) is 0 Å². The highest BCUT2D eigenvalue weighted by Gasteiger charge is 2.24. The highest BCUT2D eigenvalue weighted by Crippen LogP contribution is 2.31. The van der Waals surface area contributed by atoms with Gasteiger partial charge in [-0.15, -0.1) is 0 Å². The lowest BCUT2D eigenvalue weighted by Crippen LogP contribution is -2.04. The van der Waals surface area contributed by atoms with Gasteiger partial charge in [-0.05, 0) is 53.6 Å². The molecule has 4 aromatic rings. The third-order valence-electron chi connectivity index (χ3n) is 4.62. The number of pyridine rings is 2. The second kappa shape index (κ2) is 6.59. The molecule has 0 radical (unpaired) electrons. The fourth-order valence-corrected chi connectivity index (χ4v) is 3.25. The van der Waals surface area contributed by atoms with Gasteiger partial charge in [-0.3, -0.25) is 14.9 Å². The molecule has 0 saturated carbocycles. The molecular weight excluding hydrogens is 350 g/mol. The van der Waals surface area contributed by atoms with Gasteiger partial charge in [-0.1, -0.05) is 18.2 Å². The van der Waals surface area contributed by atoms with E-state index < -0.39 is 0 Å². The number of amides is 1. The molecule has 134 valence electrons. The third kappa shape index (κ3) is 2.87. The number of hydrogen-bond donors (Lipinski definition) is 2. The monoisotopic (exact) mass is 365 g/mol. The number of H-pyrrole nitrogens is 1. The summed E-state index contributed by atoms with van der Waals surface area (Å²) in [6, 6.07) is 13.6. The van der Waals surface area contributed by atoms with Gasteiger partial charge in [-0.2, -0.15) is 5.10 Å². The second-order valence-electron chi connectivity index (χ2n) is 6.45. The van der Waals surface area contributed by atoms with Gasteiger partial charge in [0, 0.05) is 29.5 Å². The van der Waals surface area contributed by atoms with Gasteiger partial charge in [0.2, 0.25) is 0 Å². The summed E-state index contributed by atoms with van der Waals surface area (Å²) in [5.74, 6) is 0.461. The fourth-order valence-electron chi connectivity index (χ4n) is 3.25. The van der Waals surface area contributed by atoms with Gasteiger partial charge in [0.15, 0.2) is 0 Å². The van der Waals surface area contributed by atoms with E-state index in [9.17, 15) is 4.79 Å². The number of carbonyl (C=O) groups excluding carboxylic acids is 1. The summed E-state index contributed by atoms with van der Waals surface area (Å²) in [5.41, 5.74) is 5.12. The number of anilines is 1. The Bertz CT molecular complexity index is 1250. The molecule has 3 aromatic heterocycles. The van der Waals surface area contributed by atoms with Crippen LogP contribution < -0.4 is 5.32 Å². The van der Waals surface area contributed by atoms with Crippen molar-refractivity contribution in [1.82, 2.24) is 20.2 Å². The highest BCUT2D eigenvalue weighted by atomic mass is 16.2. The smallest absolute Gasteiger partial charge is 0.257 e. The Kier molecular flexibility index (Phi) is 3.80. The maximum atomic E-state index is 12.3. The predicted octanol–water partition coefficient (Wildman–Crippen LogP) is 4.02. The predicted molar refractivity (Wildman–Crippen MR) is 110 cm³/mol. The molecule has 28 heavy (non-hydrogen) atoms. The first kappa shape index (κ1) is 16.1. The Labute approximate surface area is 160 Å². The number of nitrogens with zero attached hydrogens (tertiary/aromatic N) is 3. The lowest BCUT2D eigenvalue weighted by Gasteiger charge is -1.99. The number of nitrogens with one attached hydrogen (secondary N) is 2. The summed E-state index contributed by atoms with van der Waals surface area (Å²) < 4.78 is 0. The van der Waals surface area contributed by atoms with E-state index in [1.54, 1.807) is 18.6 Å². The van der Waals surface area contributed by atoms with Crippen LogP contribution in [0.1, 0.15) is 22.4 Å². The molecule has 1 aliphatic rings. The quantitative estimate of drug-likeness (QED) is 0.537. The van der Waals surface area contributed by atoms with Gasteiger partial charge in [-0.25, -0.2) is 4.98 Å². The van der Waals surface area contributed by atoms with Crippen LogP contribution in [-0.2, 0) is 4.79 Å². The van der Waals surface area contributed by atoms with E-state index in [2.05, 4.69) is 25.5 Å². The zero-order valence-electron chi connectivity index (χ0n) is 14.8. The van der Waals surface area contributed by atoms with Gasteiger partial charge in [0.05, 0.1) is 16.8 Å². The molecule has 6 heteroatoms. The number of fused-ring (bicyclic) bond motifs is 2. The number of hydrogen-bond acceptors (Lipinski definition) is 4. The summed E-state index contributed by atoms with van der Waals surface area (Å²) in [4.78, 5) is 20.6. The molecule has 0 aliphatic carbocycles. The van der Waals surface area contributed by atoms with E-state index in [1.165, 1.54) is 0 Å². The highest BCUT2D eigenvalue weighted by molar-refractivity contribution is 6.34. The number of aromatic amines is 1. The first-order valence-electron chi connectivity index (χ1n) is 8.82. The Balaban J connectivity index is 1.49. The van der Waals surface area contributed by atoms with Gasteiger partial charge < -0.3 is 5.32 Å². The molecule has 0 saturated heterocycles. The summed E-state index contributed by atoms with van der Waals surface area (Å²) >= 11 is 0. The first-order valence-corrected chi connectivity index (χ1v) is 8.82. The van der Waals surface area contributed by atoms with Crippen LogP contribution >= 0.6 is 0 Å². The van der Waals surface area contributed by atoms with E-state index in [-0.39, 0.29) is 5.91 Å². The molecule has 0 spiro atoms. The van der Waals surface area contributed by atoms with E-state index in [0.29, 0.717) is 11.4 Å². The molecule has 0 atom stereocenters. The van der Waals surface area contributed by atoms with Crippen LogP contribution in [0.2, 0.25) is 0 Å². The lowest BCUT2D eigenvalue weighted by molar-refractivity contribution is -0.110. The van der Waals surface area contributed by atoms with Crippen LogP contribution in [-0.4, -0.2) is 26.1 Å². The van der Waals surface area contributed by atoms with Crippen molar-refractivity contribution < 1.29 is 4.79 Å². The van der Waals surface area contributed by atoms with Crippen LogP contribution in [0, 0.1) is 0 Å². The Hall–Kier alpha value is -4.06. The molecule has 0 unspecified atom stereocenters. The van der Waals surface area contributed by atoms with Crippen LogP contribution in [0.25, 0.3) is 34.7 Å². The molecule has 5 rings (SSSR count). The fraction of sp³-hybridized carbons (Fsp3) is 0. The first-order chi connectivity index (χ1) is 13.8. The standard InChI is InChI=1S/C22H15N5O/c28-22-18(16-4-2-10-24-21(16)25-22)11-15-5-7-17-19(26-27-20(17)12-15)8-6-14-3-1-9-23-13-14/h1-13H,(H,26,27)(H,24,25,28)/b8-6+,18-11?. The minimum absolute atomic E-state index is 0.140. The Morgan fingerprint density at radius 3 is 2.79 bits per heavy atom. The molecule has 0 bridgehead atoms. The van der Waals surface area contributed by atoms with Crippen LogP contribution in [0.15, 0.2) is 61.1 Å². The number of rotatable bonds is 3. The molecule has 6 nitrogen and oxygen atoms in total. The van der Waals surface area contributed by atoms with Gasteiger partial charge >= 0.3 is 0 Å². The zero-order valence-corrected chi connectivity index (χ0v) is 14.8. The maximum absolute atomic E-state index is 12.3. The van der Waals surface area contributed by atoms with Crippen LogP contribution in [0.4, 0.5) is 5.82 Å². The Morgan fingerprint density at radius 2 is 1.89 bits per heavy atom. The maximum Gasteiger partial charge on any atom is 0.257 e. The molecule has 4 heterocycles. The number of carbonyl (C=O) groups is 1. The zero-order chi connectivity index (χ0) is 18.9. The van der Waals surface area contributed by atoms with E-state index in [0.717, 1.165) is 33.3 Å². The Morgan fingerprint density at radius 1 is 0.964 bits per heavy atom. The minimum Gasteiger partial charge on any atom is -0.306 e. The second-order valence-corrected chi connectivity index (χ2v) is 6.45. The van der Waals surface area contributed by atoms with Crippen molar-refractivity contribution >= 4 is 46.4 Å². The molecule has 1 aromatic carbocycles. The van der Waals surface area contributed by atoms with E-state index in [1.807, 2.05) is 60.7 Å². The summed E-state index contributed by atoms with van der Waals surface area (Å²) in [7, 11) is 0. The lowest BCUT2D eigenvalue weighted by atomic mass is 10.0. The van der Waals surface area contributed by atoms with Crippen LogP contribution in [0.5, 0.6) is 0 Å². The molecular formula is C22H15N5O. The van der Waals surface area contributed by atoms with E-state index >= 15 is 0 Å². The number of benzene rings is 1. The average molecular weight is 365 g/mol. The number of aromatic nitrogens is 4. The van der Waals surface area contributed by atoms with Crippen molar-refractivity contribution in [3.05, 3.63) is 83.4 Å². The van der Waals surface area contributed by atoms with Crippen molar-refractivity contribution in [3.8, 4) is 0 Å². The third-order valence-corrected chi connectivity index (χ3v) is 4.62. The minimum atomic E-state index is -0.140. The van der Waals surface area contributed by atoms with Crippen LogP contribution in [0.3, 0.4) is 0 Å². The van der Waals surface area contributed by atoms with Crippen molar-refractivity contribution in [1.29, 1.82) is 0 Å². The summed E-state index contributed by atoms with van der Waals surface area (Å²) in [5, 5.41) is 11.3. The van der Waals surface area contributed by atoms with Gasteiger partial charge in [0.25, 0.3) is 5.91 Å².